The van der Waals surface area contributed by atoms with Crippen molar-refractivity contribution in [2.45, 2.75) is 26.4 Å². The molecule has 0 radical (unpaired) electrons. The standard InChI is InChI=1S/C6H11NO/c1-3-6-4-5(2)8-7-6/h4-5,7H,3H2,1-2H3. The number of allylic oxidation sites excluding steroid dienone is 1. The molecule has 1 N–H and O–H groups in total. The maximum atomic E-state index is 5.01. The van der Waals surface area contributed by atoms with E-state index in [0.29, 0.717) is 0 Å². The van der Waals surface area contributed by atoms with Crippen molar-refractivity contribution in [1.82, 2.24) is 5.48 Å². The molecule has 2 nitrogen and oxygen atoms in total. The molecule has 0 saturated heterocycles. The Morgan fingerprint density at radius 3 is 2.88 bits per heavy atom. The minimum atomic E-state index is 0.255. The van der Waals surface area contributed by atoms with Gasteiger partial charge in [0.2, 0.25) is 0 Å². The van der Waals surface area contributed by atoms with Gasteiger partial charge in [0.25, 0.3) is 0 Å². The minimum Gasteiger partial charge on any atom is -0.271 e. The molecule has 2 heteroatoms. The fraction of sp³-hybridized carbons (Fsp3) is 0.667. The molecule has 1 unspecified atom stereocenters. The fourth-order valence-corrected chi connectivity index (χ4v) is 0.710. The van der Waals surface area contributed by atoms with Crippen LogP contribution in [0.4, 0.5) is 0 Å². The van der Waals surface area contributed by atoms with Crippen LogP contribution in [0.25, 0.3) is 0 Å². The lowest BCUT2D eigenvalue weighted by Crippen LogP contribution is -2.08. The first-order valence-corrected chi connectivity index (χ1v) is 2.95. The summed E-state index contributed by atoms with van der Waals surface area (Å²) in [6.07, 6.45) is 3.37. The van der Waals surface area contributed by atoms with Crippen LogP contribution in [0.2, 0.25) is 0 Å². The van der Waals surface area contributed by atoms with Crippen LogP contribution < -0.4 is 5.48 Å². The van der Waals surface area contributed by atoms with Gasteiger partial charge in [-0.15, -0.1) is 0 Å². The molecule has 0 aromatic carbocycles. The van der Waals surface area contributed by atoms with Gasteiger partial charge in [-0.05, 0) is 19.4 Å². The predicted octanol–water partition coefficient (Wildman–Crippen LogP) is 1.20. The Morgan fingerprint density at radius 1 is 1.88 bits per heavy atom. The summed E-state index contributed by atoms with van der Waals surface area (Å²) in [7, 11) is 0. The fourth-order valence-electron chi connectivity index (χ4n) is 0.710. The third-order valence-corrected chi connectivity index (χ3v) is 1.19. The van der Waals surface area contributed by atoms with Crippen LogP contribution >= 0.6 is 0 Å². The van der Waals surface area contributed by atoms with Crippen molar-refractivity contribution in [2.24, 2.45) is 0 Å². The van der Waals surface area contributed by atoms with Gasteiger partial charge in [-0.2, -0.15) is 0 Å². The molecule has 8 heavy (non-hydrogen) atoms. The van der Waals surface area contributed by atoms with Gasteiger partial charge in [-0.1, -0.05) is 6.92 Å². The largest absolute Gasteiger partial charge is 0.271 e. The minimum absolute atomic E-state index is 0.255. The molecule has 0 spiro atoms. The van der Waals surface area contributed by atoms with E-state index in [0.717, 1.165) is 6.42 Å². The molecule has 1 aliphatic rings. The van der Waals surface area contributed by atoms with Gasteiger partial charge in [-0.3, -0.25) is 10.3 Å². The van der Waals surface area contributed by atoms with Gasteiger partial charge in [0.15, 0.2) is 0 Å². The van der Waals surface area contributed by atoms with E-state index in [1.54, 1.807) is 0 Å². The molecule has 1 rings (SSSR count). The van der Waals surface area contributed by atoms with Crippen LogP contribution in [0.1, 0.15) is 20.3 Å². The Hall–Kier alpha value is -0.500. The summed E-state index contributed by atoms with van der Waals surface area (Å²) in [4.78, 5) is 5.01. The second-order valence-corrected chi connectivity index (χ2v) is 1.97. The van der Waals surface area contributed by atoms with Crippen LogP contribution in [0.5, 0.6) is 0 Å². The van der Waals surface area contributed by atoms with E-state index in [1.165, 1.54) is 5.70 Å². The number of nitrogens with one attached hydrogen (secondary N) is 1. The molecule has 0 aliphatic carbocycles. The Morgan fingerprint density at radius 2 is 2.62 bits per heavy atom. The van der Waals surface area contributed by atoms with E-state index in [-0.39, 0.29) is 6.10 Å². The maximum Gasteiger partial charge on any atom is 0.103 e. The summed E-state index contributed by atoms with van der Waals surface area (Å²) >= 11 is 0. The Bertz CT molecular complexity index is 109. The monoisotopic (exact) mass is 113 g/mol. The zero-order valence-electron chi connectivity index (χ0n) is 5.27. The number of hydrogen-bond donors (Lipinski definition) is 1. The predicted molar refractivity (Wildman–Crippen MR) is 32.1 cm³/mol. The number of hydroxylamine groups is 1. The van der Waals surface area contributed by atoms with Crippen molar-refractivity contribution in [2.75, 3.05) is 0 Å². The topological polar surface area (TPSA) is 21.3 Å². The van der Waals surface area contributed by atoms with Crippen LogP contribution in [-0.4, -0.2) is 6.10 Å². The highest BCUT2D eigenvalue weighted by Crippen LogP contribution is 2.07. The SMILES string of the molecule is CCC1=CC(C)ON1. The summed E-state index contributed by atoms with van der Waals surface area (Å²) in [6, 6.07) is 0. The van der Waals surface area contributed by atoms with Gasteiger partial charge < -0.3 is 0 Å². The third-order valence-electron chi connectivity index (χ3n) is 1.19. The molecule has 0 saturated carbocycles. The molecule has 0 aromatic rings. The maximum absolute atomic E-state index is 5.01. The molecule has 46 valence electrons. The van der Waals surface area contributed by atoms with Crippen LogP contribution in [-0.2, 0) is 4.84 Å². The zero-order chi connectivity index (χ0) is 5.98. The lowest BCUT2D eigenvalue weighted by atomic mass is 10.3. The molecule has 0 fully saturated rings. The van der Waals surface area contributed by atoms with Crippen molar-refractivity contribution in [3.8, 4) is 0 Å². The molecule has 1 heterocycles. The first-order valence-electron chi connectivity index (χ1n) is 2.95. The molecule has 1 aliphatic heterocycles. The van der Waals surface area contributed by atoms with Gasteiger partial charge in [0.1, 0.15) is 6.10 Å². The zero-order valence-corrected chi connectivity index (χ0v) is 5.27. The Balaban J connectivity index is 2.44. The van der Waals surface area contributed by atoms with E-state index in [9.17, 15) is 0 Å². The first kappa shape index (κ1) is 5.63. The first-order chi connectivity index (χ1) is 3.83. The van der Waals surface area contributed by atoms with E-state index >= 15 is 0 Å². The summed E-state index contributed by atoms with van der Waals surface area (Å²) in [5.74, 6) is 0. The Labute approximate surface area is 49.5 Å². The molecule has 0 aromatic heterocycles. The van der Waals surface area contributed by atoms with Gasteiger partial charge in [-0.25, -0.2) is 0 Å². The third kappa shape index (κ3) is 1.01. The number of hydrogen-bond acceptors (Lipinski definition) is 2. The van der Waals surface area contributed by atoms with Crippen molar-refractivity contribution >= 4 is 0 Å². The van der Waals surface area contributed by atoms with Crippen molar-refractivity contribution in [1.29, 1.82) is 0 Å². The highest BCUT2D eigenvalue weighted by molar-refractivity contribution is 5.03. The van der Waals surface area contributed by atoms with E-state index < -0.39 is 0 Å². The van der Waals surface area contributed by atoms with Crippen molar-refractivity contribution < 1.29 is 4.84 Å². The second-order valence-electron chi connectivity index (χ2n) is 1.97. The molecule has 1 atom stereocenters. The molecule has 0 amide bonds. The van der Waals surface area contributed by atoms with E-state index in [1.807, 2.05) is 6.92 Å². The van der Waals surface area contributed by atoms with E-state index in [2.05, 4.69) is 18.5 Å². The highest BCUT2D eigenvalue weighted by atomic mass is 16.7. The van der Waals surface area contributed by atoms with E-state index in [4.69, 9.17) is 4.84 Å². The molecular weight excluding hydrogens is 102 g/mol. The lowest BCUT2D eigenvalue weighted by Gasteiger charge is -1.97. The summed E-state index contributed by atoms with van der Waals surface area (Å²) < 4.78 is 0. The highest BCUT2D eigenvalue weighted by Gasteiger charge is 2.07. The van der Waals surface area contributed by atoms with Crippen LogP contribution in [0.3, 0.4) is 0 Å². The van der Waals surface area contributed by atoms with Crippen molar-refractivity contribution in [3.05, 3.63) is 11.8 Å². The smallest absolute Gasteiger partial charge is 0.103 e. The van der Waals surface area contributed by atoms with Crippen LogP contribution in [0, 0.1) is 0 Å². The average Bonchev–Trinajstić information content (AvgIpc) is 2.14. The molecular formula is C6H11NO. The quantitative estimate of drug-likeness (QED) is 0.551. The average molecular weight is 113 g/mol. The van der Waals surface area contributed by atoms with Crippen LogP contribution in [0.15, 0.2) is 11.8 Å². The lowest BCUT2D eigenvalue weighted by molar-refractivity contribution is 0.0520. The van der Waals surface area contributed by atoms with Gasteiger partial charge in [0, 0.05) is 5.70 Å². The Kier molecular flexibility index (Phi) is 1.53. The van der Waals surface area contributed by atoms with Gasteiger partial charge in [0.05, 0.1) is 0 Å². The normalized spacial score (nSPS) is 27.2. The second kappa shape index (κ2) is 2.18. The summed E-state index contributed by atoms with van der Waals surface area (Å²) in [5.41, 5.74) is 4.01. The molecule has 0 bridgehead atoms. The summed E-state index contributed by atoms with van der Waals surface area (Å²) in [5, 5.41) is 0. The van der Waals surface area contributed by atoms with Crippen molar-refractivity contribution in [3.63, 3.8) is 0 Å². The van der Waals surface area contributed by atoms with Gasteiger partial charge >= 0.3 is 0 Å². The summed E-state index contributed by atoms with van der Waals surface area (Å²) in [6.45, 7) is 4.11. The number of rotatable bonds is 1.